The van der Waals surface area contributed by atoms with E-state index in [0.717, 1.165) is 12.8 Å². The lowest BCUT2D eigenvalue weighted by Crippen LogP contribution is -2.58. The summed E-state index contributed by atoms with van der Waals surface area (Å²) in [6, 6.07) is 13.2. The number of likely N-dealkylation sites (tertiary alicyclic amines) is 1. The molecule has 0 bridgehead atoms. The second-order valence-electron chi connectivity index (χ2n) is 9.36. The third-order valence-electron chi connectivity index (χ3n) is 7.06. The van der Waals surface area contributed by atoms with Crippen molar-refractivity contribution in [3.8, 4) is 11.5 Å². The number of nitrogens with zero attached hydrogens (tertiary/aromatic N) is 1. The smallest absolute Gasteiger partial charge is 0.265 e. The van der Waals surface area contributed by atoms with E-state index in [1.807, 2.05) is 0 Å². The van der Waals surface area contributed by atoms with Crippen molar-refractivity contribution in [2.45, 2.75) is 47.8 Å². The second kappa shape index (κ2) is 11.5. The van der Waals surface area contributed by atoms with Crippen LogP contribution in [0.5, 0.6) is 11.5 Å². The maximum Gasteiger partial charge on any atom is 0.265 e. The van der Waals surface area contributed by atoms with Crippen molar-refractivity contribution in [2.75, 3.05) is 33.4 Å². The standard InChI is InChI=1S/C26H33N3O7S/c1-35-21-7-3-19(4-8-21)24(30)27-15-2-18-36-22-9-11-23(12-10-22)37(33,34)26(25(31)28-32)13-16-29(17-14-26)20-5-6-20/h3-4,7-12,20,32H,2,5-6,13-18H2,1H3,(H,27,30)(H,28,31). The number of methoxy groups -OCH3 is 1. The zero-order valence-corrected chi connectivity index (χ0v) is 21.6. The predicted octanol–water partition coefficient (Wildman–Crippen LogP) is 2.17. The van der Waals surface area contributed by atoms with Crippen molar-refractivity contribution in [3.63, 3.8) is 0 Å². The minimum atomic E-state index is -4.06. The molecule has 2 aliphatic rings. The largest absolute Gasteiger partial charge is 0.497 e. The molecule has 1 aliphatic heterocycles. The first-order valence-corrected chi connectivity index (χ1v) is 13.9. The summed E-state index contributed by atoms with van der Waals surface area (Å²) in [5.41, 5.74) is 2.12. The molecule has 1 saturated carbocycles. The molecule has 11 heteroatoms. The van der Waals surface area contributed by atoms with Crippen molar-refractivity contribution in [2.24, 2.45) is 0 Å². The normalized spacial score (nSPS) is 17.6. The molecule has 37 heavy (non-hydrogen) atoms. The lowest BCUT2D eigenvalue weighted by Gasteiger charge is -2.39. The van der Waals surface area contributed by atoms with Crippen LogP contribution in [0.1, 0.15) is 42.5 Å². The van der Waals surface area contributed by atoms with Crippen molar-refractivity contribution >= 4 is 21.7 Å². The Hall–Kier alpha value is -3.15. The van der Waals surface area contributed by atoms with E-state index in [1.54, 1.807) is 49.0 Å². The highest BCUT2D eigenvalue weighted by Crippen LogP contribution is 2.39. The van der Waals surface area contributed by atoms with Crippen molar-refractivity contribution < 1.29 is 32.7 Å². The Morgan fingerprint density at radius 2 is 1.65 bits per heavy atom. The van der Waals surface area contributed by atoms with Crippen LogP contribution in [-0.4, -0.2) is 74.5 Å². The molecule has 4 rings (SSSR count). The van der Waals surface area contributed by atoms with Gasteiger partial charge in [0.05, 0.1) is 18.6 Å². The molecule has 3 N–H and O–H groups in total. The Bertz CT molecular complexity index is 1190. The van der Waals surface area contributed by atoms with E-state index in [2.05, 4.69) is 10.2 Å². The van der Waals surface area contributed by atoms with Crippen molar-refractivity contribution in [1.82, 2.24) is 15.7 Å². The van der Waals surface area contributed by atoms with E-state index >= 15 is 0 Å². The Kier molecular flexibility index (Phi) is 8.35. The highest BCUT2D eigenvalue weighted by molar-refractivity contribution is 7.93. The Morgan fingerprint density at radius 1 is 1.03 bits per heavy atom. The van der Waals surface area contributed by atoms with Gasteiger partial charge in [0.2, 0.25) is 0 Å². The van der Waals surface area contributed by atoms with Gasteiger partial charge in [0, 0.05) is 31.2 Å². The molecule has 1 saturated heterocycles. The monoisotopic (exact) mass is 531 g/mol. The van der Waals surface area contributed by atoms with Gasteiger partial charge in [-0.2, -0.15) is 0 Å². The summed E-state index contributed by atoms with van der Waals surface area (Å²) in [6.45, 7) is 1.72. The molecule has 0 aromatic heterocycles. The molecule has 2 fully saturated rings. The average molecular weight is 532 g/mol. The Labute approximate surface area is 216 Å². The molecule has 200 valence electrons. The van der Waals surface area contributed by atoms with Gasteiger partial charge in [-0.25, -0.2) is 13.9 Å². The van der Waals surface area contributed by atoms with Crippen LogP contribution in [0.2, 0.25) is 0 Å². The summed E-state index contributed by atoms with van der Waals surface area (Å²) in [6.07, 6.45) is 3.00. The Balaban J connectivity index is 1.30. The summed E-state index contributed by atoms with van der Waals surface area (Å²) in [5.74, 6) is 0.0696. The molecule has 2 amide bonds. The van der Waals surface area contributed by atoms with E-state index in [9.17, 15) is 23.2 Å². The first-order chi connectivity index (χ1) is 17.8. The third-order valence-corrected chi connectivity index (χ3v) is 9.58. The van der Waals surface area contributed by atoms with Gasteiger partial charge in [-0.1, -0.05) is 0 Å². The van der Waals surface area contributed by atoms with Crippen molar-refractivity contribution in [1.29, 1.82) is 0 Å². The number of piperidine rings is 1. The van der Waals surface area contributed by atoms with Crippen LogP contribution in [0.25, 0.3) is 0 Å². The molecule has 2 aromatic rings. The number of carbonyl (C=O) groups is 2. The molecular weight excluding hydrogens is 498 g/mol. The van der Waals surface area contributed by atoms with Gasteiger partial charge in [-0.15, -0.1) is 0 Å². The zero-order valence-electron chi connectivity index (χ0n) is 20.8. The van der Waals surface area contributed by atoms with Gasteiger partial charge >= 0.3 is 0 Å². The highest BCUT2D eigenvalue weighted by atomic mass is 32.2. The molecule has 2 aromatic carbocycles. The van der Waals surface area contributed by atoms with Crippen LogP contribution in [-0.2, 0) is 14.6 Å². The third kappa shape index (κ3) is 5.89. The fourth-order valence-electron chi connectivity index (χ4n) is 4.66. The molecule has 1 aliphatic carbocycles. The summed E-state index contributed by atoms with van der Waals surface area (Å²) in [7, 11) is -2.50. The number of carbonyl (C=O) groups excluding carboxylic acids is 2. The van der Waals surface area contributed by atoms with Gasteiger partial charge < -0.3 is 19.7 Å². The number of benzene rings is 2. The van der Waals surface area contributed by atoms with E-state index in [-0.39, 0.29) is 23.6 Å². The molecule has 0 radical (unpaired) electrons. The summed E-state index contributed by atoms with van der Waals surface area (Å²) in [5, 5.41) is 12.1. The molecule has 0 atom stereocenters. The number of nitrogens with one attached hydrogen (secondary N) is 2. The SMILES string of the molecule is COc1ccc(C(=O)NCCCOc2ccc(S(=O)(=O)C3(C(=O)NO)CCN(C4CC4)CC3)cc2)cc1. The molecular formula is C26H33N3O7S. The van der Waals surface area contributed by atoms with Gasteiger partial charge in [-0.3, -0.25) is 14.8 Å². The van der Waals surface area contributed by atoms with Crippen LogP contribution in [0.15, 0.2) is 53.4 Å². The minimum Gasteiger partial charge on any atom is -0.497 e. The summed E-state index contributed by atoms with van der Waals surface area (Å²) < 4.78 is 36.2. The topological polar surface area (TPSA) is 134 Å². The number of hydrogen-bond acceptors (Lipinski definition) is 8. The fourth-order valence-corrected chi connectivity index (χ4v) is 6.61. The van der Waals surface area contributed by atoms with Gasteiger partial charge in [0.25, 0.3) is 11.8 Å². The lowest BCUT2D eigenvalue weighted by molar-refractivity contribution is -0.133. The van der Waals surface area contributed by atoms with Crippen LogP contribution in [0.4, 0.5) is 0 Å². The average Bonchev–Trinajstić information content (AvgIpc) is 3.78. The number of sulfone groups is 1. The predicted molar refractivity (Wildman–Crippen MR) is 136 cm³/mol. The fraction of sp³-hybridized carbons (Fsp3) is 0.462. The first kappa shape index (κ1) is 26.9. The van der Waals surface area contributed by atoms with Crippen molar-refractivity contribution in [3.05, 3.63) is 54.1 Å². The maximum absolute atomic E-state index is 13.6. The van der Waals surface area contributed by atoms with Crippen LogP contribution in [0.3, 0.4) is 0 Å². The molecule has 10 nitrogen and oxygen atoms in total. The molecule has 0 unspecified atom stereocenters. The number of hydroxylamine groups is 1. The number of ether oxygens (including phenoxy) is 2. The molecule has 0 spiro atoms. The second-order valence-corrected chi connectivity index (χ2v) is 11.6. The molecule has 1 heterocycles. The number of hydrogen-bond donors (Lipinski definition) is 3. The lowest BCUT2D eigenvalue weighted by atomic mass is 9.94. The Morgan fingerprint density at radius 3 is 2.22 bits per heavy atom. The van der Waals surface area contributed by atoms with Gasteiger partial charge in [-0.05, 0) is 80.6 Å². The van der Waals surface area contributed by atoms with Crippen LogP contribution >= 0.6 is 0 Å². The number of amides is 2. The first-order valence-electron chi connectivity index (χ1n) is 12.4. The maximum atomic E-state index is 13.6. The number of rotatable bonds is 11. The summed E-state index contributed by atoms with van der Waals surface area (Å²) in [4.78, 5) is 27.0. The van der Waals surface area contributed by atoms with E-state index in [4.69, 9.17) is 9.47 Å². The van der Waals surface area contributed by atoms with E-state index in [0.29, 0.717) is 55.8 Å². The highest BCUT2D eigenvalue weighted by Gasteiger charge is 2.53. The van der Waals surface area contributed by atoms with E-state index < -0.39 is 20.5 Å². The van der Waals surface area contributed by atoms with Gasteiger partial charge in [0.15, 0.2) is 14.6 Å². The van der Waals surface area contributed by atoms with E-state index in [1.165, 1.54) is 12.1 Å². The van der Waals surface area contributed by atoms with Crippen LogP contribution in [0, 0.1) is 0 Å². The quantitative estimate of drug-likeness (QED) is 0.228. The van der Waals surface area contributed by atoms with Crippen LogP contribution < -0.4 is 20.3 Å². The minimum absolute atomic E-state index is 0.00933. The summed E-state index contributed by atoms with van der Waals surface area (Å²) >= 11 is 0. The zero-order chi connectivity index (χ0) is 26.5. The van der Waals surface area contributed by atoms with Gasteiger partial charge in [0.1, 0.15) is 11.5 Å².